The average molecular weight is 271 g/mol. The van der Waals surface area contributed by atoms with Gasteiger partial charge >= 0.3 is 6.03 Å². The Morgan fingerprint density at radius 2 is 1.94 bits per heavy atom. The van der Waals surface area contributed by atoms with Crippen molar-refractivity contribution in [1.82, 2.24) is 5.32 Å². The number of benzene rings is 1. The van der Waals surface area contributed by atoms with Gasteiger partial charge in [0.1, 0.15) is 0 Å². The highest BCUT2D eigenvalue weighted by molar-refractivity contribution is 6.30. The second kappa shape index (κ2) is 7.24. The predicted molar refractivity (Wildman–Crippen MR) is 73.9 cm³/mol. The summed E-state index contributed by atoms with van der Waals surface area (Å²) in [6.45, 7) is 4.02. The molecule has 5 heteroatoms. The van der Waals surface area contributed by atoms with Gasteiger partial charge in [0.15, 0.2) is 0 Å². The van der Waals surface area contributed by atoms with Gasteiger partial charge in [0, 0.05) is 10.7 Å². The maximum atomic E-state index is 11.7. The average Bonchev–Trinajstić information content (AvgIpc) is 2.30. The Labute approximate surface area is 112 Å². The van der Waals surface area contributed by atoms with Crippen LogP contribution < -0.4 is 10.6 Å². The lowest BCUT2D eigenvalue weighted by Crippen LogP contribution is -2.40. The van der Waals surface area contributed by atoms with Crippen molar-refractivity contribution in [1.29, 1.82) is 0 Å². The predicted octanol–water partition coefficient (Wildman–Crippen LogP) is 2.87. The topological polar surface area (TPSA) is 61.4 Å². The Balaban J connectivity index is 2.47. The third-order valence-corrected chi connectivity index (χ3v) is 2.67. The molecular weight excluding hydrogens is 252 g/mol. The van der Waals surface area contributed by atoms with Crippen LogP contribution in [0.1, 0.15) is 20.3 Å². The Kier molecular flexibility index (Phi) is 5.95. The van der Waals surface area contributed by atoms with Crippen LogP contribution in [0.5, 0.6) is 0 Å². The van der Waals surface area contributed by atoms with Gasteiger partial charge in [-0.05, 0) is 36.6 Å². The number of urea groups is 1. The van der Waals surface area contributed by atoms with Crippen LogP contribution in [0.3, 0.4) is 0 Å². The number of aliphatic hydroxyl groups is 1. The van der Waals surface area contributed by atoms with Gasteiger partial charge in [-0.3, -0.25) is 0 Å². The first kappa shape index (κ1) is 14.8. The van der Waals surface area contributed by atoms with Crippen LogP contribution in [0.15, 0.2) is 24.3 Å². The molecule has 0 fully saturated rings. The Morgan fingerprint density at radius 1 is 1.33 bits per heavy atom. The first-order chi connectivity index (χ1) is 8.51. The molecule has 4 nitrogen and oxygen atoms in total. The summed E-state index contributed by atoms with van der Waals surface area (Å²) in [7, 11) is 0. The lowest BCUT2D eigenvalue weighted by atomic mass is 10.0. The Bertz CT molecular complexity index is 379. The van der Waals surface area contributed by atoms with E-state index in [1.54, 1.807) is 24.3 Å². The molecule has 1 aromatic carbocycles. The molecule has 100 valence electrons. The van der Waals surface area contributed by atoms with Crippen molar-refractivity contribution in [2.75, 3.05) is 11.9 Å². The molecule has 0 aliphatic heterocycles. The quantitative estimate of drug-likeness (QED) is 0.770. The largest absolute Gasteiger partial charge is 0.394 e. The second-order valence-corrected chi connectivity index (χ2v) is 5.05. The van der Waals surface area contributed by atoms with Crippen LogP contribution in [0.25, 0.3) is 0 Å². The molecule has 1 rings (SSSR count). The van der Waals surface area contributed by atoms with Gasteiger partial charge in [0.05, 0.1) is 12.6 Å². The standard InChI is InChI=1S/C13H19ClN2O2/c1-9(2)7-12(8-17)16-13(18)15-11-5-3-10(14)4-6-11/h3-6,9,12,17H,7-8H2,1-2H3,(H2,15,16,18). The summed E-state index contributed by atoms with van der Waals surface area (Å²) in [5.74, 6) is 0.415. The van der Waals surface area contributed by atoms with Gasteiger partial charge in [-0.25, -0.2) is 4.79 Å². The van der Waals surface area contributed by atoms with Gasteiger partial charge in [-0.1, -0.05) is 25.4 Å². The number of aliphatic hydroxyl groups excluding tert-OH is 1. The first-order valence-electron chi connectivity index (χ1n) is 5.95. The fourth-order valence-corrected chi connectivity index (χ4v) is 1.76. The van der Waals surface area contributed by atoms with Crippen molar-refractivity contribution in [2.24, 2.45) is 5.92 Å². The molecular formula is C13H19ClN2O2. The molecule has 1 atom stereocenters. The molecule has 0 heterocycles. The van der Waals surface area contributed by atoms with Crippen molar-refractivity contribution in [3.05, 3.63) is 29.3 Å². The van der Waals surface area contributed by atoms with Crippen LogP contribution in [0.2, 0.25) is 5.02 Å². The Hall–Kier alpha value is -1.26. The van der Waals surface area contributed by atoms with Crippen molar-refractivity contribution < 1.29 is 9.90 Å². The van der Waals surface area contributed by atoms with E-state index in [-0.39, 0.29) is 18.7 Å². The van der Waals surface area contributed by atoms with E-state index in [1.165, 1.54) is 0 Å². The highest BCUT2D eigenvalue weighted by Gasteiger charge is 2.12. The van der Waals surface area contributed by atoms with E-state index in [9.17, 15) is 4.79 Å². The number of carbonyl (C=O) groups is 1. The van der Waals surface area contributed by atoms with Crippen LogP contribution in [-0.2, 0) is 0 Å². The normalized spacial score (nSPS) is 12.3. The zero-order valence-electron chi connectivity index (χ0n) is 10.6. The van der Waals surface area contributed by atoms with E-state index in [1.807, 2.05) is 13.8 Å². The molecule has 2 amide bonds. The van der Waals surface area contributed by atoms with E-state index in [2.05, 4.69) is 10.6 Å². The molecule has 0 radical (unpaired) electrons. The summed E-state index contributed by atoms with van der Waals surface area (Å²) in [6.07, 6.45) is 0.741. The van der Waals surface area contributed by atoms with E-state index < -0.39 is 0 Å². The highest BCUT2D eigenvalue weighted by Crippen LogP contribution is 2.13. The van der Waals surface area contributed by atoms with Crippen molar-refractivity contribution in [3.63, 3.8) is 0 Å². The van der Waals surface area contributed by atoms with E-state index in [0.717, 1.165) is 6.42 Å². The number of halogens is 1. The number of nitrogens with one attached hydrogen (secondary N) is 2. The maximum Gasteiger partial charge on any atom is 0.319 e. The summed E-state index contributed by atoms with van der Waals surface area (Å²) in [6, 6.07) is 6.30. The lowest BCUT2D eigenvalue weighted by Gasteiger charge is -2.18. The molecule has 0 aromatic heterocycles. The van der Waals surface area contributed by atoms with Gasteiger partial charge in [0.2, 0.25) is 0 Å². The number of hydrogen-bond acceptors (Lipinski definition) is 2. The summed E-state index contributed by atoms with van der Waals surface area (Å²) in [5.41, 5.74) is 0.665. The SMILES string of the molecule is CC(C)CC(CO)NC(=O)Nc1ccc(Cl)cc1. The number of rotatable bonds is 5. The Morgan fingerprint density at radius 3 is 2.44 bits per heavy atom. The zero-order chi connectivity index (χ0) is 13.5. The molecule has 1 aromatic rings. The summed E-state index contributed by atoms with van der Waals surface area (Å²) >= 11 is 5.75. The maximum absolute atomic E-state index is 11.7. The number of anilines is 1. The van der Waals surface area contributed by atoms with Crippen LogP contribution in [0, 0.1) is 5.92 Å². The van der Waals surface area contributed by atoms with Crippen molar-refractivity contribution >= 4 is 23.3 Å². The molecule has 0 spiro atoms. The summed E-state index contributed by atoms with van der Waals surface area (Å²) < 4.78 is 0. The van der Waals surface area contributed by atoms with E-state index in [0.29, 0.717) is 16.6 Å². The van der Waals surface area contributed by atoms with Crippen molar-refractivity contribution in [2.45, 2.75) is 26.3 Å². The molecule has 3 N–H and O–H groups in total. The molecule has 0 bridgehead atoms. The summed E-state index contributed by atoms with van der Waals surface area (Å²) in [5, 5.41) is 15.2. The minimum absolute atomic E-state index is 0.0633. The fourth-order valence-electron chi connectivity index (χ4n) is 1.63. The van der Waals surface area contributed by atoms with Crippen LogP contribution in [-0.4, -0.2) is 23.8 Å². The monoisotopic (exact) mass is 270 g/mol. The van der Waals surface area contributed by atoms with Gasteiger partial charge in [-0.2, -0.15) is 0 Å². The highest BCUT2D eigenvalue weighted by atomic mass is 35.5. The third-order valence-electron chi connectivity index (χ3n) is 2.41. The number of amides is 2. The van der Waals surface area contributed by atoms with Gasteiger partial charge in [-0.15, -0.1) is 0 Å². The molecule has 1 unspecified atom stereocenters. The molecule has 0 saturated heterocycles. The van der Waals surface area contributed by atoms with Crippen LogP contribution in [0.4, 0.5) is 10.5 Å². The molecule has 0 aliphatic rings. The van der Waals surface area contributed by atoms with Gasteiger partial charge in [0.25, 0.3) is 0 Å². The van der Waals surface area contributed by atoms with Crippen LogP contribution >= 0.6 is 11.6 Å². The lowest BCUT2D eigenvalue weighted by molar-refractivity contribution is 0.214. The molecule has 18 heavy (non-hydrogen) atoms. The number of hydrogen-bond donors (Lipinski definition) is 3. The minimum Gasteiger partial charge on any atom is -0.394 e. The summed E-state index contributed by atoms with van der Waals surface area (Å²) in [4.78, 5) is 11.7. The minimum atomic E-state index is -0.322. The van der Waals surface area contributed by atoms with E-state index >= 15 is 0 Å². The smallest absolute Gasteiger partial charge is 0.319 e. The van der Waals surface area contributed by atoms with Crippen molar-refractivity contribution in [3.8, 4) is 0 Å². The fraction of sp³-hybridized carbons (Fsp3) is 0.462. The second-order valence-electron chi connectivity index (χ2n) is 4.61. The molecule has 0 saturated carbocycles. The first-order valence-corrected chi connectivity index (χ1v) is 6.33. The van der Waals surface area contributed by atoms with E-state index in [4.69, 9.17) is 16.7 Å². The third kappa shape index (κ3) is 5.38. The number of carbonyl (C=O) groups excluding carboxylic acids is 1. The zero-order valence-corrected chi connectivity index (χ0v) is 11.4. The van der Waals surface area contributed by atoms with Gasteiger partial charge < -0.3 is 15.7 Å². The molecule has 0 aliphatic carbocycles.